The molecule has 0 saturated heterocycles. The molecule has 156 valence electrons. The van der Waals surface area contributed by atoms with E-state index in [-0.39, 0.29) is 0 Å². The summed E-state index contributed by atoms with van der Waals surface area (Å²) in [5.41, 5.74) is 3.13. The minimum Gasteiger partial charge on any atom is -0.497 e. The van der Waals surface area contributed by atoms with Gasteiger partial charge in [0.05, 0.1) is 14.2 Å². The number of aromatic nitrogens is 3. The van der Waals surface area contributed by atoms with Crippen LogP contribution in [0.1, 0.15) is 5.56 Å². The fourth-order valence-corrected chi connectivity index (χ4v) is 3.89. The van der Waals surface area contributed by atoms with Crippen molar-refractivity contribution in [2.75, 3.05) is 20.0 Å². The summed E-state index contributed by atoms with van der Waals surface area (Å²) in [5.74, 6) is 3.18. The maximum absolute atomic E-state index is 5.31. The maximum atomic E-state index is 5.31. The monoisotopic (exact) mass is 429 g/mol. The van der Waals surface area contributed by atoms with Crippen LogP contribution in [0.2, 0.25) is 0 Å². The lowest BCUT2D eigenvalue weighted by molar-refractivity contribution is 0.414. The lowest BCUT2D eigenvalue weighted by Crippen LogP contribution is -2.00. The zero-order chi connectivity index (χ0) is 21.5. The second kappa shape index (κ2) is 10.00. The fraction of sp³-hybridized carbons (Fsp3) is 0.120. The Morgan fingerprint density at radius 3 is 2.10 bits per heavy atom. The van der Waals surface area contributed by atoms with Crippen LogP contribution in [0.3, 0.4) is 0 Å². The first kappa shape index (κ1) is 20.8. The van der Waals surface area contributed by atoms with Crippen molar-refractivity contribution in [1.29, 1.82) is 0 Å². The molecule has 0 aliphatic carbocycles. The Morgan fingerprint density at radius 1 is 0.806 bits per heavy atom. The van der Waals surface area contributed by atoms with Crippen LogP contribution < -0.4 is 9.47 Å². The van der Waals surface area contributed by atoms with E-state index in [4.69, 9.17) is 9.47 Å². The van der Waals surface area contributed by atoms with E-state index >= 15 is 0 Å². The van der Waals surface area contributed by atoms with Crippen LogP contribution in [0, 0.1) is 0 Å². The molecule has 0 saturated carbocycles. The molecule has 0 aliphatic rings. The number of benzene rings is 3. The summed E-state index contributed by atoms with van der Waals surface area (Å²) in [6.07, 6.45) is 4.26. The molecule has 0 spiro atoms. The van der Waals surface area contributed by atoms with Gasteiger partial charge in [0, 0.05) is 17.0 Å². The Bertz CT molecular complexity index is 1140. The topological polar surface area (TPSA) is 49.2 Å². The molecular weight excluding hydrogens is 406 g/mol. The first-order valence-corrected chi connectivity index (χ1v) is 10.9. The Balaban J connectivity index is 1.63. The molecule has 0 radical (unpaired) electrons. The van der Waals surface area contributed by atoms with Gasteiger partial charge in [0.15, 0.2) is 11.0 Å². The van der Waals surface area contributed by atoms with Crippen molar-refractivity contribution in [2.45, 2.75) is 5.16 Å². The van der Waals surface area contributed by atoms with Crippen molar-refractivity contribution in [1.82, 2.24) is 14.8 Å². The standard InChI is InChI=1S/C25H23N3O2S/c1-29-22-14-10-20(11-15-22)24-26-27-25(28(24)21-12-16-23(30-2)17-13-21)31-18-6-9-19-7-4-3-5-8-19/h3-17H,18H2,1-2H3. The van der Waals surface area contributed by atoms with Gasteiger partial charge in [0.2, 0.25) is 0 Å². The minimum atomic E-state index is 0.780. The lowest BCUT2D eigenvalue weighted by Gasteiger charge is -2.11. The summed E-state index contributed by atoms with van der Waals surface area (Å²) >= 11 is 1.64. The maximum Gasteiger partial charge on any atom is 0.196 e. The third-order valence-corrected chi connectivity index (χ3v) is 5.61. The Morgan fingerprint density at radius 2 is 1.45 bits per heavy atom. The van der Waals surface area contributed by atoms with E-state index in [9.17, 15) is 0 Å². The SMILES string of the molecule is COc1ccc(-c2nnc(SCC=Cc3ccccc3)n2-c2ccc(OC)cc2)cc1. The highest BCUT2D eigenvalue weighted by atomic mass is 32.2. The van der Waals surface area contributed by atoms with Crippen molar-refractivity contribution in [3.8, 4) is 28.6 Å². The third-order valence-electron chi connectivity index (χ3n) is 4.73. The first-order valence-electron chi connectivity index (χ1n) is 9.87. The molecule has 0 fully saturated rings. The van der Waals surface area contributed by atoms with Gasteiger partial charge in [-0.2, -0.15) is 0 Å². The van der Waals surface area contributed by atoms with Crippen LogP contribution in [-0.2, 0) is 0 Å². The average Bonchev–Trinajstić information content (AvgIpc) is 3.26. The van der Waals surface area contributed by atoms with Crippen LogP contribution in [0.15, 0.2) is 90.1 Å². The molecule has 4 rings (SSSR count). The second-order valence-electron chi connectivity index (χ2n) is 6.69. The van der Waals surface area contributed by atoms with Crippen LogP contribution >= 0.6 is 11.8 Å². The van der Waals surface area contributed by atoms with Crippen molar-refractivity contribution in [3.05, 3.63) is 90.5 Å². The Kier molecular flexibility index (Phi) is 6.69. The molecule has 0 bridgehead atoms. The Hall–Kier alpha value is -3.51. The minimum absolute atomic E-state index is 0.780. The van der Waals surface area contributed by atoms with Gasteiger partial charge in [-0.3, -0.25) is 4.57 Å². The van der Waals surface area contributed by atoms with Crippen molar-refractivity contribution in [2.24, 2.45) is 0 Å². The van der Waals surface area contributed by atoms with E-state index in [1.54, 1.807) is 26.0 Å². The molecule has 3 aromatic carbocycles. The lowest BCUT2D eigenvalue weighted by atomic mass is 10.2. The van der Waals surface area contributed by atoms with Crippen molar-refractivity contribution in [3.63, 3.8) is 0 Å². The molecular formula is C25H23N3O2S. The van der Waals surface area contributed by atoms with E-state index in [1.807, 2.05) is 66.7 Å². The van der Waals surface area contributed by atoms with E-state index < -0.39 is 0 Å². The van der Waals surface area contributed by atoms with Crippen molar-refractivity contribution < 1.29 is 9.47 Å². The van der Waals surface area contributed by atoms with Crippen LogP contribution in [0.5, 0.6) is 11.5 Å². The van der Waals surface area contributed by atoms with Crippen LogP contribution in [0.25, 0.3) is 23.2 Å². The summed E-state index contributed by atoms with van der Waals surface area (Å²) < 4.78 is 12.7. The number of thioether (sulfide) groups is 1. The van der Waals surface area contributed by atoms with Crippen LogP contribution in [-0.4, -0.2) is 34.7 Å². The summed E-state index contributed by atoms with van der Waals surface area (Å²) in [7, 11) is 3.32. The number of nitrogens with zero attached hydrogens (tertiary/aromatic N) is 3. The normalized spacial score (nSPS) is 11.0. The van der Waals surface area contributed by atoms with E-state index in [2.05, 4.69) is 39.0 Å². The highest BCUT2D eigenvalue weighted by Crippen LogP contribution is 2.30. The summed E-state index contributed by atoms with van der Waals surface area (Å²) in [6.45, 7) is 0. The predicted octanol–water partition coefficient (Wildman–Crippen LogP) is 5.76. The Labute approximate surface area is 186 Å². The zero-order valence-corrected chi connectivity index (χ0v) is 18.3. The molecule has 6 heteroatoms. The van der Waals surface area contributed by atoms with Gasteiger partial charge in [0.1, 0.15) is 11.5 Å². The van der Waals surface area contributed by atoms with Crippen molar-refractivity contribution >= 4 is 17.8 Å². The summed E-state index contributed by atoms with van der Waals surface area (Å²) in [6, 6.07) is 26.0. The average molecular weight is 430 g/mol. The molecule has 5 nitrogen and oxygen atoms in total. The van der Waals surface area contributed by atoms with Crippen LogP contribution in [0.4, 0.5) is 0 Å². The fourth-order valence-electron chi connectivity index (χ4n) is 3.13. The summed E-state index contributed by atoms with van der Waals surface area (Å²) in [5, 5.41) is 9.80. The van der Waals surface area contributed by atoms with E-state index in [0.717, 1.165) is 39.5 Å². The third kappa shape index (κ3) is 4.98. The molecule has 4 aromatic rings. The van der Waals surface area contributed by atoms with E-state index in [1.165, 1.54) is 5.56 Å². The van der Waals surface area contributed by atoms with Gasteiger partial charge >= 0.3 is 0 Å². The summed E-state index contributed by atoms with van der Waals surface area (Å²) in [4.78, 5) is 0. The molecule has 0 amide bonds. The first-order chi connectivity index (χ1) is 15.3. The van der Waals surface area contributed by atoms with Gasteiger partial charge in [-0.15, -0.1) is 10.2 Å². The van der Waals surface area contributed by atoms with E-state index in [0.29, 0.717) is 0 Å². The molecule has 0 unspecified atom stereocenters. The van der Waals surface area contributed by atoms with Gasteiger partial charge in [-0.05, 0) is 54.1 Å². The molecule has 1 aromatic heterocycles. The quantitative estimate of drug-likeness (QED) is 0.334. The smallest absolute Gasteiger partial charge is 0.196 e. The highest BCUT2D eigenvalue weighted by Gasteiger charge is 2.16. The number of ether oxygens (including phenoxy) is 2. The van der Waals surface area contributed by atoms with Gasteiger partial charge < -0.3 is 9.47 Å². The number of hydrogen-bond donors (Lipinski definition) is 0. The predicted molar refractivity (Wildman–Crippen MR) is 126 cm³/mol. The molecule has 0 N–H and O–H groups in total. The number of rotatable bonds is 8. The number of hydrogen-bond acceptors (Lipinski definition) is 5. The second-order valence-corrected chi connectivity index (χ2v) is 7.68. The molecule has 1 heterocycles. The largest absolute Gasteiger partial charge is 0.497 e. The number of methoxy groups -OCH3 is 2. The highest BCUT2D eigenvalue weighted by molar-refractivity contribution is 7.99. The van der Waals surface area contributed by atoms with Gasteiger partial charge in [-0.25, -0.2) is 0 Å². The molecule has 31 heavy (non-hydrogen) atoms. The molecule has 0 aliphatic heterocycles. The van der Waals surface area contributed by atoms with Gasteiger partial charge in [0.25, 0.3) is 0 Å². The van der Waals surface area contributed by atoms with Gasteiger partial charge in [-0.1, -0.05) is 54.2 Å². The zero-order valence-electron chi connectivity index (χ0n) is 17.4. The molecule has 0 atom stereocenters.